The fraction of sp³-hybridized carbons (Fsp3) is 0.500. The van der Waals surface area contributed by atoms with Gasteiger partial charge < -0.3 is 14.8 Å². The van der Waals surface area contributed by atoms with Gasteiger partial charge in [-0.05, 0) is 63.3 Å². The molecule has 0 amide bonds. The van der Waals surface area contributed by atoms with Crippen LogP contribution in [-0.2, 0) is 6.54 Å². The van der Waals surface area contributed by atoms with Crippen molar-refractivity contribution in [3.8, 4) is 11.3 Å². The maximum atomic E-state index is 13.1. The molecular weight excluding hydrogens is 438 g/mol. The molecule has 1 aliphatic heterocycles. The van der Waals surface area contributed by atoms with Crippen LogP contribution >= 0.6 is 0 Å². The molecule has 1 N–H and O–H groups in total. The lowest BCUT2D eigenvalue weighted by Gasteiger charge is -2.52. The molecule has 1 saturated heterocycles. The minimum Gasteiger partial charge on any atom is -0.350 e. The molecule has 1 spiro atoms. The fourth-order valence-corrected chi connectivity index (χ4v) is 5.78. The van der Waals surface area contributed by atoms with Crippen molar-refractivity contribution in [3.05, 3.63) is 36.4 Å². The number of hydrogen-bond donors (Lipinski definition) is 1. The molecule has 1 saturated carbocycles. The number of aromatic nitrogens is 6. The van der Waals surface area contributed by atoms with E-state index in [2.05, 4.69) is 37.3 Å². The van der Waals surface area contributed by atoms with Gasteiger partial charge in [0.1, 0.15) is 11.3 Å². The molecule has 4 aromatic rings. The number of pyridine rings is 1. The van der Waals surface area contributed by atoms with E-state index in [1.54, 1.807) is 17.6 Å². The summed E-state index contributed by atoms with van der Waals surface area (Å²) < 4.78 is 29.4. The molecule has 10 heteroatoms. The number of nitrogens with one attached hydrogen (secondary N) is 1. The van der Waals surface area contributed by atoms with Gasteiger partial charge in [-0.2, -0.15) is 0 Å². The Labute approximate surface area is 196 Å². The van der Waals surface area contributed by atoms with E-state index in [0.29, 0.717) is 40.1 Å². The zero-order valence-electron chi connectivity index (χ0n) is 19.4. The van der Waals surface area contributed by atoms with Crippen LogP contribution < -0.4 is 5.32 Å². The number of halogens is 2. The summed E-state index contributed by atoms with van der Waals surface area (Å²) in [5, 5.41) is 8.18. The third-order valence-corrected chi connectivity index (χ3v) is 7.39. The monoisotopic (exact) mass is 466 g/mol. The number of aryl methyl sites for hydroxylation is 1. The minimum atomic E-state index is -2.47. The largest absolute Gasteiger partial charge is 0.350 e. The molecule has 0 atom stereocenters. The van der Waals surface area contributed by atoms with Crippen LogP contribution in [0.2, 0.25) is 0 Å². The van der Waals surface area contributed by atoms with Crippen molar-refractivity contribution < 1.29 is 8.78 Å². The Hall–Kier alpha value is -3.14. The van der Waals surface area contributed by atoms with Crippen LogP contribution in [0.4, 0.5) is 14.7 Å². The number of fused-ring (bicyclic) bond motifs is 2. The first-order valence-electron chi connectivity index (χ1n) is 11.8. The number of imidazole rings is 1. The number of anilines is 1. The highest BCUT2D eigenvalue weighted by atomic mass is 19.3. The average molecular weight is 467 g/mol. The van der Waals surface area contributed by atoms with Crippen LogP contribution in [0.25, 0.3) is 27.9 Å². The van der Waals surface area contributed by atoms with Crippen molar-refractivity contribution in [1.29, 1.82) is 0 Å². The molecule has 0 radical (unpaired) electrons. The summed E-state index contributed by atoms with van der Waals surface area (Å²) >= 11 is 0. The van der Waals surface area contributed by atoms with Gasteiger partial charge in [-0.1, -0.05) is 0 Å². The minimum absolute atomic E-state index is 0.395. The van der Waals surface area contributed by atoms with E-state index >= 15 is 0 Å². The van der Waals surface area contributed by atoms with Gasteiger partial charge in [-0.25, -0.2) is 28.2 Å². The second-order valence-corrected chi connectivity index (χ2v) is 9.93. The Morgan fingerprint density at radius 3 is 2.68 bits per heavy atom. The molecular formula is C24H28F2N8. The van der Waals surface area contributed by atoms with E-state index in [9.17, 15) is 8.78 Å². The lowest BCUT2D eigenvalue weighted by Crippen LogP contribution is -2.56. The highest BCUT2D eigenvalue weighted by molar-refractivity contribution is 5.82. The number of alkyl halides is 2. The zero-order valence-corrected chi connectivity index (χ0v) is 19.4. The van der Waals surface area contributed by atoms with E-state index in [-0.39, 0.29) is 0 Å². The van der Waals surface area contributed by atoms with Gasteiger partial charge in [0, 0.05) is 30.9 Å². The normalized spacial score (nSPS) is 18.9. The zero-order chi connectivity index (χ0) is 23.4. The van der Waals surface area contributed by atoms with Gasteiger partial charge in [0.25, 0.3) is 6.43 Å². The highest BCUT2D eigenvalue weighted by Crippen LogP contribution is 2.43. The first-order valence-corrected chi connectivity index (χ1v) is 11.8. The van der Waals surface area contributed by atoms with Crippen molar-refractivity contribution >= 4 is 22.6 Å². The summed E-state index contributed by atoms with van der Waals surface area (Å²) in [6, 6.07) is 6.01. The lowest BCUT2D eigenvalue weighted by atomic mass is 9.67. The van der Waals surface area contributed by atoms with Crippen molar-refractivity contribution in [1.82, 2.24) is 34.0 Å². The van der Waals surface area contributed by atoms with Crippen LogP contribution in [0, 0.1) is 12.3 Å². The second kappa shape index (κ2) is 7.97. The van der Waals surface area contributed by atoms with Crippen LogP contribution in [0.15, 0.2) is 30.6 Å². The summed E-state index contributed by atoms with van der Waals surface area (Å²) in [5.74, 6) is 1.15. The van der Waals surface area contributed by atoms with Crippen molar-refractivity contribution in [2.24, 2.45) is 5.41 Å². The standard InChI is InChI=1S/C24H28F2N8/c1-15-28-19-4-3-18(30-22(19)33(15)12-21(25)26)17-7-10-34-20(17)11-27-23(31-34)29-16-5-8-24(9-6-16)13-32(2)14-24/h3-4,7,10-11,16,21H,5-6,8-9,12-14H2,1-2H3,(H,29,31). The molecule has 0 aromatic carbocycles. The molecule has 8 nitrogen and oxygen atoms in total. The van der Waals surface area contributed by atoms with Crippen molar-refractivity contribution in [3.63, 3.8) is 0 Å². The number of rotatable bonds is 5. The van der Waals surface area contributed by atoms with Gasteiger partial charge >= 0.3 is 0 Å². The van der Waals surface area contributed by atoms with Gasteiger partial charge in [0.15, 0.2) is 5.65 Å². The summed E-state index contributed by atoms with van der Waals surface area (Å²) in [7, 11) is 2.19. The van der Waals surface area contributed by atoms with E-state index in [4.69, 9.17) is 0 Å². The first-order chi connectivity index (χ1) is 16.4. The van der Waals surface area contributed by atoms with E-state index in [0.717, 1.165) is 23.9 Å². The van der Waals surface area contributed by atoms with Crippen LogP contribution in [-0.4, -0.2) is 66.6 Å². The molecule has 0 unspecified atom stereocenters. The second-order valence-electron chi connectivity index (χ2n) is 9.93. The smallest absolute Gasteiger partial charge is 0.256 e. The summed E-state index contributed by atoms with van der Waals surface area (Å²) in [5.41, 5.74) is 3.94. The Balaban J connectivity index is 1.23. The first kappa shape index (κ1) is 21.4. The lowest BCUT2D eigenvalue weighted by molar-refractivity contribution is -0.0117. The summed E-state index contributed by atoms with van der Waals surface area (Å²) in [4.78, 5) is 16.0. The summed E-state index contributed by atoms with van der Waals surface area (Å²) in [6.07, 6.45) is 5.99. The summed E-state index contributed by atoms with van der Waals surface area (Å²) in [6.45, 7) is 3.73. The van der Waals surface area contributed by atoms with Crippen LogP contribution in [0.5, 0.6) is 0 Å². The van der Waals surface area contributed by atoms with Gasteiger partial charge in [0.2, 0.25) is 5.95 Å². The van der Waals surface area contributed by atoms with Gasteiger partial charge in [0.05, 0.1) is 24.0 Å². The quantitative estimate of drug-likeness (QED) is 0.479. The predicted octanol–water partition coefficient (Wildman–Crippen LogP) is 4.00. The van der Waals surface area contributed by atoms with Gasteiger partial charge in [-0.3, -0.25) is 0 Å². The molecule has 2 fully saturated rings. The molecule has 34 heavy (non-hydrogen) atoms. The number of nitrogens with zero attached hydrogens (tertiary/aromatic N) is 7. The SMILES string of the molecule is Cc1nc2ccc(-c3ccn4nc(NC5CCC6(CC5)CN(C)C6)ncc34)nc2n1CC(F)F. The van der Waals surface area contributed by atoms with Crippen LogP contribution in [0.3, 0.4) is 0 Å². The fourth-order valence-electron chi connectivity index (χ4n) is 5.78. The van der Waals surface area contributed by atoms with E-state index in [1.165, 1.54) is 30.5 Å². The third-order valence-electron chi connectivity index (χ3n) is 7.39. The Kier molecular flexibility index (Phi) is 5.02. The molecule has 6 rings (SSSR count). The molecule has 0 bridgehead atoms. The van der Waals surface area contributed by atoms with Crippen LogP contribution in [0.1, 0.15) is 31.5 Å². The maximum Gasteiger partial charge on any atom is 0.256 e. The number of hydrogen-bond acceptors (Lipinski definition) is 6. The topological polar surface area (TPSA) is 76.2 Å². The molecule has 5 heterocycles. The maximum absolute atomic E-state index is 13.1. The Bertz CT molecular complexity index is 1340. The molecule has 2 aliphatic rings. The molecule has 4 aromatic heterocycles. The van der Waals surface area contributed by atoms with Crippen molar-refractivity contribution in [2.45, 2.75) is 51.6 Å². The van der Waals surface area contributed by atoms with E-state index < -0.39 is 13.0 Å². The molecule has 1 aliphatic carbocycles. The Morgan fingerprint density at radius 2 is 1.94 bits per heavy atom. The average Bonchev–Trinajstić information content (AvgIpc) is 3.34. The van der Waals surface area contributed by atoms with Crippen molar-refractivity contribution in [2.75, 3.05) is 25.5 Å². The number of likely N-dealkylation sites (tertiary alicyclic amines) is 1. The predicted molar refractivity (Wildman–Crippen MR) is 126 cm³/mol. The Morgan fingerprint density at radius 1 is 1.15 bits per heavy atom. The van der Waals surface area contributed by atoms with Gasteiger partial charge in [-0.15, -0.1) is 5.10 Å². The molecule has 178 valence electrons. The highest BCUT2D eigenvalue weighted by Gasteiger charge is 2.43. The van der Waals surface area contributed by atoms with E-state index in [1.807, 2.05) is 24.4 Å². The third kappa shape index (κ3) is 3.70.